The van der Waals surface area contributed by atoms with Crippen molar-refractivity contribution in [1.29, 1.82) is 0 Å². The maximum absolute atomic E-state index is 10.3. The second kappa shape index (κ2) is 5.13. The molecule has 0 aromatic heterocycles. The van der Waals surface area contributed by atoms with Gasteiger partial charge in [-0.2, -0.15) is 0 Å². The Morgan fingerprint density at radius 1 is 0.944 bits per heavy atom. The lowest BCUT2D eigenvalue weighted by Gasteiger charge is -2.12. The summed E-state index contributed by atoms with van der Waals surface area (Å²) in [6.45, 7) is 4.12. The summed E-state index contributed by atoms with van der Waals surface area (Å²) in [4.78, 5) is 0. The zero-order valence-electron chi connectivity index (χ0n) is 10.8. The van der Waals surface area contributed by atoms with E-state index in [9.17, 15) is 10.2 Å². The van der Waals surface area contributed by atoms with E-state index in [4.69, 9.17) is 0 Å². The summed E-state index contributed by atoms with van der Waals surface area (Å²) in [6.07, 6.45) is 1.73. The third kappa shape index (κ3) is 2.33. The number of aromatic hydroxyl groups is 2. The minimum Gasteiger partial charge on any atom is -0.508 e. The Morgan fingerprint density at radius 2 is 1.72 bits per heavy atom. The fraction of sp³-hybridized carbons (Fsp3) is 0.250. The van der Waals surface area contributed by atoms with Gasteiger partial charge < -0.3 is 10.2 Å². The molecular formula is C16H18O2. The molecule has 0 amide bonds. The summed E-state index contributed by atoms with van der Waals surface area (Å²) in [5, 5.41) is 19.8. The number of benzene rings is 2. The van der Waals surface area contributed by atoms with Crippen molar-refractivity contribution in [3.8, 4) is 22.6 Å². The van der Waals surface area contributed by atoms with Crippen LogP contribution in [0.1, 0.15) is 25.0 Å². The van der Waals surface area contributed by atoms with Crippen molar-refractivity contribution < 1.29 is 10.2 Å². The topological polar surface area (TPSA) is 40.5 Å². The number of phenols is 2. The van der Waals surface area contributed by atoms with Crippen LogP contribution in [-0.2, 0) is 12.8 Å². The predicted octanol–water partition coefficient (Wildman–Crippen LogP) is 3.89. The third-order valence-corrected chi connectivity index (χ3v) is 3.19. The zero-order valence-corrected chi connectivity index (χ0v) is 10.8. The van der Waals surface area contributed by atoms with Gasteiger partial charge in [-0.1, -0.05) is 32.0 Å². The van der Waals surface area contributed by atoms with Gasteiger partial charge in [-0.3, -0.25) is 0 Å². The van der Waals surface area contributed by atoms with Crippen molar-refractivity contribution in [2.45, 2.75) is 26.7 Å². The van der Waals surface area contributed by atoms with Crippen LogP contribution in [0.5, 0.6) is 11.5 Å². The van der Waals surface area contributed by atoms with Gasteiger partial charge in [0.05, 0.1) is 0 Å². The first kappa shape index (κ1) is 12.5. The summed E-state index contributed by atoms with van der Waals surface area (Å²) < 4.78 is 0. The molecular weight excluding hydrogens is 224 g/mol. The highest BCUT2D eigenvalue weighted by Gasteiger charge is 2.10. The van der Waals surface area contributed by atoms with Crippen LogP contribution >= 0.6 is 0 Å². The van der Waals surface area contributed by atoms with Gasteiger partial charge in [0.2, 0.25) is 0 Å². The van der Waals surface area contributed by atoms with Crippen LogP contribution in [-0.4, -0.2) is 10.2 Å². The number of hydrogen-bond acceptors (Lipinski definition) is 2. The zero-order chi connectivity index (χ0) is 13.1. The molecule has 0 radical (unpaired) electrons. The molecule has 0 saturated heterocycles. The molecule has 2 rings (SSSR count). The molecule has 0 spiro atoms. The van der Waals surface area contributed by atoms with Crippen molar-refractivity contribution in [1.82, 2.24) is 0 Å². The first-order valence-corrected chi connectivity index (χ1v) is 6.29. The molecule has 0 aliphatic carbocycles. The first-order chi connectivity index (χ1) is 8.65. The normalized spacial score (nSPS) is 10.6. The first-order valence-electron chi connectivity index (χ1n) is 6.29. The molecule has 0 aliphatic rings. The molecule has 0 bridgehead atoms. The average molecular weight is 242 g/mol. The second-order valence-electron chi connectivity index (χ2n) is 4.41. The third-order valence-electron chi connectivity index (χ3n) is 3.19. The molecule has 2 nitrogen and oxygen atoms in total. The molecule has 0 atom stereocenters. The molecule has 0 aliphatic heterocycles. The molecule has 18 heavy (non-hydrogen) atoms. The number of aryl methyl sites for hydroxylation is 2. The highest BCUT2D eigenvalue weighted by Crippen LogP contribution is 2.35. The predicted molar refractivity (Wildman–Crippen MR) is 74.0 cm³/mol. The van der Waals surface area contributed by atoms with E-state index in [0.717, 1.165) is 29.5 Å². The van der Waals surface area contributed by atoms with Gasteiger partial charge in [0.1, 0.15) is 11.5 Å². The minimum absolute atomic E-state index is 0.215. The Bertz CT molecular complexity index is 559. The molecule has 0 saturated carbocycles. The largest absolute Gasteiger partial charge is 0.508 e. The van der Waals surface area contributed by atoms with E-state index in [2.05, 4.69) is 6.92 Å². The summed E-state index contributed by atoms with van der Waals surface area (Å²) in [7, 11) is 0. The van der Waals surface area contributed by atoms with E-state index in [1.165, 1.54) is 5.56 Å². The fourth-order valence-electron chi connectivity index (χ4n) is 2.13. The maximum Gasteiger partial charge on any atom is 0.126 e. The van der Waals surface area contributed by atoms with Crippen molar-refractivity contribution in [3.63, 3.8) is 0 Å². The van der Waals surface area contributed by atoms with Gasteiger partial charge in [-0.05, 0) is 47.7 Å². The van der Waals surface area contributed by atoms with Crippen LogP contribution in [0.4, 0.5) is 0 Å². The second-order valence-corrected chi connectivity index (χ2v) is 4.41. The van der Waals surface area contributed by atoms with E-state index in [-0.39, 0.29) is 5.75 Å². The van der Waals surface area contributed by atoms with Gasteiger partial charge in [0.25, 0.3) is 0 Å². The van der Waals surface area contributed by atoms with E-state index in [1.807, 2.05) is 25.1 Å². The Labute approximate surface area is 108 Å². The lowest BCUT2D eigenvalue weighted by atomic mass is 9.96. The Balaban J connectivity index is 2.62. The van der Waals surface area contributed by atoms with Crippen LogP contribution in [0.15, 0.2) is 36.4 Å². The van der Waals surface area contributed by atoms with E-state index < -0.39 is 0 Å². The molecule has 0 unspecified atom stereocenters. The van der Waals surface area contributed by atoms with Gasteiger partial charge >= 0.3 is 0 Å². The van der Waals surface area contributed by atoms with Crippen molar-refractivity contribution in [2.75, 3.05) is 0 Å². The highest BCUT2D eigenvalue weighted by atomic mass is 16.3. The van der Waals surface area contributed by atoms with Crippen molar-refractivity contribution >= 4 is 0 Å². The number of phenolic OH excluding ortho intramolecular Hbond substituents is 2. The smallest absolute Gasteiger partial charge is 0.126 e. The van der Waals surface area contributed by atoms with Crippen LogP contribution in [0, 0.1) is 0 Å². The summed E-state index contributed by atoms with van der Waals surface area (Å²) in [5.41, 5.74) is 3.79. The Hall–Kier alpha value is -1.96. The van der Waals surface area contributed by atoms with Crippen LogP contribution in [0.3, 0.4) is 0 Å². The van der Waals surface area contributed by atoms with Crippen LogP contribution < -0.4 is 0 Å². The Kier molecular flexibility index (Phi) is 3.56. The standard InChI is InChI=1S/C16H18O2/c1-3-11-8-12(4-2)16(18)15(9-11)13-6-5-7-14(17)10-13/h5-10,17-18H,3-4H2,1-2H3. The lowest BCUT2D eigenvalue weighted by molar-refractivity contribution is 0.470. The van der Waals surface area contributed by atoms with Gasteiger partial charge in [-0.15, -0.1) is 0 Å². The molecule has 2 aromatic carbocycles. The molecule has 0 fully saturated rings. The van der Waals surface area contributed by atoms with E-state index >= 15 is 0 Å². The van der Waals surface area contributed by atoms with E-state index in [1.54, 1.807) is 18.2 Å². The van der Waals surface area contributed by atoms with E-state index in [0.29, 0.717) is 5.75 Å². The van der Waals surface area contributed by atoms with Crippen LogP contribution in [0.25, 0.3) is 11.1 Å². The van der Waals surface area contributed by atoms with Crippen molar-refractivity contribution in [2.24, 2.45) is 0 Å². The molecule has 2 N–H and O–H groups in total. The quantitative estimate of drug-likeness (QED) is 0.857. The van der Waals surface area contributed by atoms with Crippen LogP contribution in [0.2, 0.25) is 0 Å². The lowest BCUT2D eigenvalue weighted by Crippen LogP contribution is -1.91. The minimum atomic E-state index is 0.215. The number of hydrogen-bond donors (Lipinski definition) is 2. The van der Waals surface area contributed by atoms with Gasteiger partial charge in [0, 0.05) is 5.56 Å². The molecule has 2 heteroatoms. The maximum atomic E-state index is 10.3. The summed E-state index contributed by atoms with van der Waals surface area (Å²) >= 11 is 0. The SMILES string of the molecule is CCc1cc(CC)c(O)c(-c2cccc(O)c2)c1. The average Bonchev–Trinajstić information content (AvgIpc) is 2.39. The number of rotatable bonds is 3. The van der Waals surface area contributed by atoms with Gasteiger partial charge in [0.15, 0.2) is 0 Å². The monoisotopic (exact) mass is 242 g/mol. The summed E-state index contributed by atoms with van der Waals surface area (Å²) in [5.74, 6) is 0.534. The fourth-order valence-corrected chi connectivity index (χ4v) is 2.13. The molecule has 0 heterocycles. The van der Waals surface area contributed by atoms with Gasteiger partial charge in [-0.25, -0.2) is 0 Å². The molecule has 2 aromatic rings. The summed E-state index contributed by atoms with van der Waals surface area (Å²) in [6, 6.07) is 11.0. The van der Waals surface area contributed by atoms with Crippen molar-refractivity contribution in [3.05, 3.63) is 47.5 Å². The Morgan fingerprint density at radius 3 is 2.33 bits per heavy atom. The highest BCUT2D eigenvalue weighted by molar-refractivity contribution is 5.73. The molecule has 94 valence electrons.